The van der Waals surface area contributed by atoms with Crippen LogP contribution in [0.1, 0.15) is 42.2 Å². The van der Waals surface area contributed by atoms with E-state index in [4.69, 9.17) is 9.47 Å². The van der Waals surface area contributed by atoms with Crippen LogP contribution in [0.5, 0.6) is 11.5 Å². The fourth-order valence-electron chi connectivity index (χ4n) is 3.76. The van der Waals surface area contributed by atoms with Crippen molar-refractivity contribution >= 4 is 27.1 Å². The summed E-state index contributed by atoms with van der Waals surface area (Å²) < 4.78 is 37.4. The Bertz CT molecular complexity index is 934. The maximum absolute atomic E-state index is 13.4. The van der Waals surface area contributed by atoms with E-state index in [1.54, 1.807) is 12.1 Å². The lowest BCUT2D eigenvalue weighted by Gasteiger charge is -2.23. The van der Waals surface area contributed by atoms with Crippen LogP contribution in [0.3, 0.4) is 0 Å². The summed E-state index contributed by atoms with van der Waals surface area (Å²) in [6.45, 7) is 0.150. The molecule has 150 valence electrons. The predicted molar refractivity (Wildman–Crippen MR) is 106 cm³/mol. The van der Waals surface area contributed by atoms with Crippen LogP contribution in [0.25, 0.3) is 0 Å². The van der Waals surface area contributed by atoms with Crippen LogP contribution in [0.4, 0.5) is 0 Å². The van der Waals surface area contributed by atoms with Gasteiger partial charge < -0.3 is 14.8 Å². The first kappa shape index (κ1) is 19.3. The van der Waals surface area contributed by atoms with Crippen LogP contribution >= 0.6 is 11.3 Å². The van der Waals surface area contributed by atoms with Crippen molar-refractivity contribution < 1.29 is 22.7 Å². The summed E-state index contributed by atoms with van der Waals surface area (Å²) in [6.07, 6.45) is 5.04. The normalized spacial score (nSPS) is 18.0. The Morgan fingerprint density at radius 1 is 1.14 bits per heavy atom. The molecule has 1 N–H and O–H groups in total. The Hall–Kier alpha value is -2.06. The van der Waals surface area contributed by atoms with Gasteiger partial charge in [-0.1, -0.05) is 25.3 Å². The van der Waals surface area contributed by atoms with Crippen LogP contribution in [-0.4, -0.2) is 27.7 Å². The molecule has 0 saturated heterocycles. The molecule has 2 aromatic rings. The molecule has 2 heterocycles. The fourth-order valence-corrected chi connectivity index (χ4v) is 6.56. The lowest BCUT2D eigenvalue weighted by atomic mass is 9.89. The number of thiophene rings is 1. The number of sulfone groups is 1. The molecule has 1 aliphatic heterocycles. The Morgan fingerprint density at radius 3 is 2.68 bits per heavy atom. The quantitative estimate of drug-likeness (QED) is 0.769. The number of fused-ring (bicyclic) bond motifs is 1. The zero-order chi connectivity index (χ0) is 19.6. The highest BCUT2D eigenvalue weighted by atomic mass is 32.2. The fraction of sp³-hybridized carbons (Fsp3) is 0.450. The average Bonchev–Trinajstić information content (AvgIpc) is 3.40. The molecule has 1 aliphatic carbocycles. The van der Waals surface area contributed by atoms with Crippen LogP contribution in [0.2, 0.25) is 0 Å². The molecule has 6 nitrogen and oxygen atoms in total. The summed E-state index contributed by atoms with van der Waals surface area (Å²) >= 11 is 1.38. The second-order valence-electron chi connectivity index (χ2n) is 7.14. The summed E-state index contributed by atoms with van der Waals surface area (Å²) in [5, 5.41) is 3.92. The third-order valence-corrected chi connectivity index (χ3v) is 8.56. The van der Waals surface area contributed by atoms with Gasteiger partial charge in [0.15, 0.2) is 21.3 Å². The van der Waals surface area contributed by atoms with Gasteiger partial charge in [0.1, 0.15) is 5.25 Å². The van der Waals surface area contributed by atoms with Crippen molar-refractivity contribution in [3.63, 3.8) is 0 Å². The Labute approximate surface area is 168 Å². The molecule has 0 spiro atoms. The third-order valence-electron chi connectivity index (χ3n) is 5.35. The molecule has 28 heavy (non-hydrogen) atoms. The number of ether oxygens (including phenoxy) is 2. The maximum Gasteiger partial charge on any atom is 0.231 e. The van der Waals surface area contributed by atoms with Crippen molar-refractivity contribution in [2.24, 2.45) is 5.92 Å². The Kier molecular flexibility index (Phi) is 5.59. The van der Waals surface area contributed by atoms with E-state index in [9.17, 15) is 13.2 Å². The molecule has 0 unspecified atom stereocenters. The number of rotatable bonds is 6. The molecule has 1 aromatic carbocycles. The van der Waals surface area contributed by atoms with Crippen molar-refractivity contribution in [3.8, 4) is 11.5 Å². The molecular weight excluding hydrogens is 398 g/mol. The number of nitrogens with one attached hydrogen (secondary N) is 1. The monoisotopic (exact) mass is 421 g/mol. The highest BCUT2D eigenvalue weighted by Gasteiger charge is 2.32. The van der Waals surface area contributed by atoms with Crippen LogP contribution < -0.4 is 14.8 Å². The second-order valence-corrected chi connectivity index (χ2v) is 10.3. The summed E-state index contributed by atoms with van der Waals surface area (Å²) in [5.41, 5.74) is 0. The van der Waals surface area contributed by atoms with E-state index < -0.39 is 15.1 Å². The van der Waals surface area contributed by atoms with Crippen LogP contribution in [-0.2, 0) is 14.6 Å². The van der Waals surface area contributed by atoms with Gasteiger partial charge in [0, 0.05) is 23.4 Å². The summed E-state index contributed by atoms with van der Waals surface area (Å²) in [5.74, 6) is 0.919. The van der Waals surface area contributed by atoms with Gasteiger partial charge in [0.2, 0.25) is 12.7 Å². The van der Waals surface area contributed by atoms with Gasteiger partial charge in [-0.2, -0.15) is 0 Å². The van der Waals surface area contributed by atoms with E-state index in [1.807, 2.05) is 11.4 Å². The predicted octanol–water partition coefficient (Wildman–Crippen LogP) is 3.69. The van der Waals surface area contributed by atoms with Gasteiger partial charge in [0.25, 0.3) is 0 Å². The van der Waals surface area contributed by atoms with E-state index in [0.29, 0.717) is 16.4 Å². The summed E-state index contributed by atoms with van der Waals surface area (Å²) in [7, 11) is -3.71. The van der Waals surface area contributed by atoms with Gasteiger partial charge in [-0.25, -0.2) is 8.42 Å². The lowest BCUT2D eigenvalue weighted by molar-refractivity contribution is -0.125. The molecule has 1 atom stereocenters. The molecule has 1 saturated carbocycles. The lowest BCUT2D eigenvalue weighted by Crippen LogP contribution is -2.36. The summed E-state index contributed by atoms with van der Waals surface area (Å²) in [6, 6.07) is 8.27. The van der Waals surface area contributed by atoms with Crippen molar-refractivity contribution in [1.29, 1.82) is 0 Å². The number of hydrogen-bond donors (Lipinski definition) is 1. The van der Waals surface area contributed by atoms with E-state index in [-0.39, 0.29) is 30.1 Å². The van der Waals surface area contributed by atoms with E-state index in [2.05, 4.69) is 5.32 Å². The van der Waals surface area contributed by atoms with E-state index in [1.165, 1.54) is 29.9 Å². The minimum Gasteiger partial charge on any atom is -0.454 e. The van der Waals surface area contributed by atoms with Crippen molar-refractivity contribution in [2.45, 2.75) is 42.2 Å². The van der Waals surface area contributed by atoms with Gasteiger partial charge in [-0.05, 0) is 36.4 Å². The standard InChI is InChI=1S/C20H23NO5S2/c22-20(14-5-2-1-3-6-14)21-12-19(18-7-4-10-27-18)28(23,24)15-8-9-16-17(11-15)26-13-25-16/h4,7-11,14,19H,1-3,5-6,12-13H2,(H,21,22)/t19-/m1/s1. The van der Waals surface area contributed by atoms with Gasteiger partial charge in [0.05, 0.1) is 4.90 Å². The average molecular weight is 422 g/mol. The molecule has 1 amide bonds. The minimum atomic E-state index is -3.71. The first-order chi connectivity index (χ1) is 13.6. The molecule has 8 heteroatoms. The summed E-state index contributed by atoms with van der Waals surface area (Å²) in [4.78, 5) is 13.4. The van der Waals surface area contributed by atoms with Crippen molar-refractivity contribution in [3.05, 3.63) is 40.6 Å². The van der Waals surface area contributed by atoms with Gasteiger partial charge in [-0.15, -0.1) is 11.3 Å². The van der Waals surface area contributed by atoms with E-state index in [0.717, 1.165) is 25.7 Å². The second kappa shape index (κ2) is 8.13. The number of benzene rings is 1. The Morgan fingerprint density at radius 2 is 1.93 bits per heavy atom. The first-order valence-electron chi connectivity index (χ1n) is 9.50. The smallest absolute Gasteiger partial charge is 0.231 e. The SMILES string of the molecule is O=C(NC[C@H](c1cccs1)S(=O)(=O)c1ccc2c(c1)OCO2)C1CCCCC1. The number of carbonyl (C=O) groups is 1. The first-order valence-corrected chi connectivity index (χ1v) is 11.9. The largest absolute Gasteiger partial charge is 0.454 e. The van der Waals surface area contributed by atoms with Crippen LogP contribution in [0.15, 0.2) is 40.6 Å². The molecule has 1 aromatic heterocycles. The van der Waals surface area contributed by atoms with Gasteiger partial charge in [-0.3, -0.25) is 4.79 Å². The molecule has 1 fully saturated rings. The van der Waals surface area contributed by atoms with Gasteiger partial charge >= 0.3 is 0 Å². The Balaban J connectivity index is 1.56. The van der Waals surface area contributed by atoms with Crippen LogP contribution in [0, 0.1) is 5.92 Å². The van der Waals surface area contributed by atoms with Crippen molar-refractivity contribution in [2.75, 3.05) is 13.3 Å². The third kappa shape index (κ3) is 3.89. The number of hydrogen-bond acceptors (Lipinski definition) is 6. The molecule has 2 aliphatic rings. The molecule has 0 radical (unpaired) electrons. The molecule has 0 bridgehead atoms. The van der Waals surface area contributed by atoms with Crippen molar-refractivity contribution in [1.82, 2.24) is 5.32 Å². The molecular formula is C20H23NO5S2. The zero-order valence-corrected chi connectivity index (χ0v) is 17.1. The topological polar surface area (TPSA) is 81.7 Å². The maximum atomic E-state index is 13.4. The molecule has 4 rings (SSSR count). The highest BCUT2D eigenvalue weighted by Crippen LogP contribution is 2.38. The minimum absolute atomic E-state index is 0.00835. The number of carbonyl (C=O) groups excluding carboxylic acids is 1. The van der Waals surface area contributed by atoms with E-state index >= 15 is 0 Å². The zero-order valence-electron chi connectivity index (χ0n) is 15.4. The highest BCUT2D eigenvalue weighted by molar-refractivity contribution is 7.91. The number of amides is 1.